The maximum Gasteiger partial charge on any atom is 0.313 e. The van der Waals surface area contributed by atoms with E-state index in [1.54, 1.807) is 24.0 Å². The van der Waals surface area contributed by atoms with Crippen molar-refractivity contribution in [3.8, 4) is 0 Å². The molecule has 0 aromatic heterocycles. The Morgan fingerprint density at radius 1 is 1.24 bits per heavy atom. The molecule has 3 saturated heterocycles. The first kappa shape index (κ1) is 34.8. The lowest BCUT2D eigenvalue weighted by Crippen LogP contribution is -2.60. The molecule has 1 spiro atoms. The van der Waals surface area contributed by atoms with E-state index in [1.807, 2.05) is 51.1 Å². The van der Waals surface area contributed by atoms with Crippen LogP contribution >= 0.6 is 15.9 Å². The maximum absolute atomic E-state index is 14.4. The van der Waals surface area contributed by atoms with E-state index in [0.29, 0.717) is 18.4 Å². The second-order valence-electron chi connectivity index (χ2n) is 13.1. The highest BCUT2D eigenvalue weighted by molar-refractivity contribution is 9.09. The van der Waals surface area contributed by atoms with Gasteiger partial charge in [-0.1, -0.05) is 58.4 Å². The summed E-state index contributed by atoms with van der Waals surface area (Å²) in [5.74, 6) is -3.40. The number of hydrogen-bond donors (Lipinski definition) is 2. The summed E-state index contributed by atoms with van der Waals surface area (Å²) in [6.07, 6.45) is 3.17. The van der Waals surface area contributed by atoms with Crippen molar-refractivity contribution in [2.24, 2.45) is 11.8 Å². The average Bonchev–Trinajstić information content (AvgIpc) is 3.58. The minimum absolute atomic E-state index is 0.138. The molecule has 1 unspecified atom stereocenters. The first-order valence-electron chi connectivity index (χ1n) is 15.6. The molecular weight excluding hydrogens is 642 g/mol. The molecule has 0 aliphatic carbocycles. The number of fused-ring (bicyclic) bond motifs is 1. The van der Waals surface area contributed by atoms with Crippen LogP contribution in [0.1, 0.15) is 65.0 Å². The third kappa shape index (κ3) is 6.76. The summed E-state index contributed by atoms with van der Waals surface area (Å²) in [5, 5.41) is 12.6. The van der Waals surface area contributed by atoms with E-state index in [1.165, 1.54) is 4.90 Å². The third-order valence-electron chi connectivity index (χ3n) is 9.03. The molecule has 246 valence electrons. The molecule has 3 amide bonds. The Hall–Kier alpha value is -3.02. The number of alkyl halides is 1. The van der Waals surface area contributed by atoms with E-state index < -0.39 is 53.2 Å². The molecule has 1 aromatic carbocycles. The largest absolute Gasteiger partial charge is 0.455 e. The summed E-state index contributed by atoms with van der Waals surface area (Å²) in [6.45, 7) is 15.3. The Bertz CT molecular complexity index is 1280. The highest BCUT2D eigenvalue weighted by Gasteiger charge is 2.77. The lowest BCUT2D eigenvalue weighted by Gasteiger charge is -2.42. The standard InChI is InChI=1S/C34H46BrN3O7/c1-7-9-16-24(40)36-21(3)27(22-14-11-10-12-15-22)44-32(43)25-26-30(41)37(18-13-19-39)29(34(26)20-23(35)28(25)45-34)31(42)38(17-8-2)33(4,5)6/h7-8,10-12,14-15,21,23,25-29,39H,1-2,9,13,16-20H2,3-6H3,(H,36,40)/t21-,23?,25+,26-,27-,28+,29+,34-/m0/s1. The van der Waals surface area contributed by atoms with Crippen molar-refractivity contribution < 1.29 is 33.8 Å². The number of benzene rings is 1. The Morgan fingerprint density at radius 2 is 1.93 bits per heavy atom. The molecule has 4 rings (SSSR count). The van der Waals surface area contributed by atoms with Crippen LogP contribution in [-0.4, -0.2) is 92.4 Å². The first-order chi connectivity index (χ1) is 21.3. The molecule has 45 heavy (non-hydrogen) atoms. The van der Waals surface area contributed by atoms with Gasteiger partial charge in [-0.05, 0) is 52.5 Å². The molecular formula is C34H46BrN3O7. The van der Waals surface area contributed by atoms with E-state index in [4.69, 9.17) is 9.47 Å². The zero-order chi connectivity index (χ0) is 33.1. The van der Waals surface area contributed by atoms with Gasteiger partial charge in [0, 0.05) is 36.5 Å². The second kappa shape index (κ2) is 14.2. The van der Waals surface area contributed by atoms with Crippen LogP contribution in [0, 0.1) is 11.8 Å². The molecule has 10 nitrogen and oxygen atoms in total. The molecule has 0 radical (unpaired) electrons. The van der Waals surface area contributed by atoms with Crippen LogP contribution in [0.2, 0.25) is 0 Å². The molecule has 8 atom stereocenters. The predicted octanol–water partition coefficient (Wildman–Crippen LogP) is 3.69. The Morgan fingerprint density at radius 3 is 2.53 bits per heavy atom. The lowest BCUT2D eigenvalue weighted by atomic mass is 9.70. The van der Waals surface area contributed by atoms with Crippen molar-refractivity contribution in [3.63, 3.8) is 0 Å². The zero-order valence-electron chi connectivity index (χ0n) is 26.6. The Labute approximate surface area is 274 Å². The van der Waals surface area contributed by atoms with Crippen molar-refractivity contribution in [2.75, 3.05) is 19.7 Å². The number of halogens is 1. The number of carbonyl (C=O) groups is 4. The number of rotatable bonds is 14. The van der Waals surface area contributed by atoms with Crippen LogP contribution < -0.4 is 5.32 Å². The number of esters is 1. The molecule has 3 aliphatic heterocycles. The molecule has 1 aromatic rings. The van der Waals surface area contributed by atoms with Gasteiger partial charge in [0.1, 0.15) is 17.7 Å². The minimum atomic E-state index is -1.26. The predicted molar refractivity (Wildman–Crippen MR) is 173 cm³/mol. The molecule has 3 aliphatic rings. The van der Waals surface area contributed by atoms with E-state index in [-0.39, 0.29) is 55.1 Å². The molecule has 3 heterocycles. The van der Waals surface area contributed by atoms with Crippen molar-refractivity contribution in [1.82, 2.24) is 15.1 Å². The second-order valence-corrected chi connectivity index (χ2v) is 14.3. The quantitative estimate of drug-likeness (QED) is 0.174. The number of nitrogens with zero attached hydrogens (tertiary/aromatic N) is 2. The Kier molecular flexibility index (Phi) is 11.0. The van der Waals surface area contributed by atoms with Gasteiger partial charge in [0.05, 0.1) is 24.0 Å². The van der Waals surface area contributed by atoms with Crippen LogP contribution in [0.4, 0.5) is 0 Å². The smallest absolute Gasteiger partial charge is 0.313 e. The third-order valence-corrected chi connectivity index (χ3v) is 9.87. The number of aliphatic hydroxyl groups excluding tert-OH is 1. The van der Waals surface area contributed by atoms with Crippen LogP contribution in [-0.2, 0) is 28.7 Å². The number of allylic oxidation sites excluding steroid dienone is 1. The van der Waals surface area contributed by atoms with E-state index in [9.17, 15) is 24.3 Å². The van der Waals surface area contributed by atoms with Crippen LogP contribution in [0.3, 0.4) is 0 Å². The summed E-state index contributed by atoms with van der Waals surface area (Å²) >= 11 is 3.70. The number of aliphatic hydroxyl groups is 1. The van der Waals surface area contributed by atoms with Gasteiger partial charge in [-0.25, -0.2) is 0 Å². The maximum atomic E-state index is 14.4. The van der Waals surface area contributed by atoms with Crippen LogP contribution in [0.15, 0.2) is 55.6 Å². The summed E-state index contributed by atoms with van der Waals surface area (Å²) in [5.41, 5.74) is -1.15. The fourth-order valence-corrected chi connectivity index (χ4v) is 8.01. The molecule has 11 heteroatoms. The van der Waals surface area contributed by atoms with Gasteiger partial charge in [0.25, 0.3) is 0 Å². The van der Waals surface area contributed by atoms with E-state index in [2.05, 4.69) is 34.4 Å². The molecule has 0 saturated carbocycles. The SMILES string of the molecule is C=CCCC(=O)N[C@@H](C)[C@H](OC(=O)[C@H]1[C@@H]2O[C@@]3(CC2Br)[C@@H]1C(=O)N(CCCO)[C@@H]3C(=O)N(CC=C)C(C)(C)C)c1ccccc1. The Balaban J connectivity index is 1.70. The fourth-order valence-electron chi connectivity index (χ4n) is 7.07. The molecule has 3 fully saturated rings. The van der Waals surface area contributed by atoms with Gasteiger partial charge in [-0.2, -0.15) is 0 Å². The van der Waals surface area contributed by atoms with Gasteiger partial charge in [0.15, 0.2) is 0 Å². The van der Waals surface area contributed by atoms with E-state index >= 15 is 0 Å². The monoisotopic (exact) mass is 687 g/mol. The number of amides is 3. The van der Waals surface area contributed by atoms with Crippen molar-refractivity contribution in [3.05, 3.63) is 61.2 Å². The highest BCUT2D eigenvalue weighted by Crippen LogP contribution is 2.60. The number of hydrogen-bond acceptors (Lipinski definition) is 7. The van der Waals surface area contributed by atoms with E-state index in [0.717, 1.165) is 0 Å². The molecule has 2 bridgehead atoms. The molecule has 2 N–H and O–H groups in total. The fraction of sp³-hybridized carbons (Fsp3) is 0.588. The normalized spacial score (nSPS) is 28.3. The van der Waals surface area contributed by atoms with Crippen molar-refractivity contribution >= 4 is 39.6 Å². The minimum Gasteiger partial charge on any atom is -0.455 e. The first-order valence-corrected chi connectivity index (χ1v) is 16.5. The number of carbonyl (C=O) groups excluding carboxylic acids is 4. The average molecular weight is 689 g/mol. The topological polar surface area (TPSA) is 125 Å². The summed E-state index contributed by atoms with van der Waals surface area (Å²) in [7, 11) is 0. The van der Waals surface area contributed by atoms with Crippen molar-refractivity contribution in [2.45, 2.75) is 93.6 Å². The van der Waals surface area contributed by atoms with Gasteiger partial charge in [-0.15, -0.1) is 13.2 Å². The number of ether oxygens (including phenoxy) is 2. The summed E-state index contributed by atoms with van der Waals surface area (Å²) in [6, 6.07) is 7.58. The van der Waals surface area contributed by atoms with Crippen LogP contribution in [0.5, 0.6) is 0 Å². The van der Waals surface area contributed by atoms with Crippen LogP contribution in [0.25, 0.3) is 0 Å². The van der Waals surface area contributed by atoms with Crippen molar-refractivity contribution in [1.29, 1.82) is 0 Å². The number of likely N-dealkylation sites (tertiary alicyclic amines) is 1. The summed E-state index contributed by atoms with van der Waals surface area (Å²) in [4.78, 5) is 58.4. The lowest BCUT2D eigenvalue weighted by molar-refractivity contribution is -0.162. The van der Waals surface area contributed by atoms with Gasteiger partial charge < -0.3 is 29.7 Å². The van der Waals surface area contributed by atoms with Gasteiger partial charge in [-0.3, -0.25) is 19.2 Å². The van der Waals surface area contributed by atoms with Gasteiger partial charge in [0.2, 0.25) is 17.7 Å². The zero-order valence-corrected chi connectivity index (χ0v) is 28.2. The van der Waals surface area contributed by atoms with Gasteiger partial charge >= 0.3 is 5.97 Å². The highest BCUT2D eigenvalue weighted by atomic mass is 79.9. The number of nitrogens with one attached hydrogen (secondary N) is 1. The summed E-state index contributed by atoms with van der Waals surface area (Å²) < 4.78 is 12.8.